The highest BCUT2D eigenvalue weighted by atomic mass is 32.1. The van der Waals surface area contributed by atoms with Gasteiger partial charge in [-0.3, -0.25) is 25.0 Å². The zero-order valence-electron chi connectivity index (χ0n) is 15.9. The molecular formula is C20H17N5O4S. The Morgan fingerprint density at radius 1 is 1.13 bits per heavy atom. The Balaban J connectivity index is 1.70. The number of para-hydroxylation sites is 1. The van der Waals surface area contributed by atoms with E-state index < -0.39 is 16.7 Å². The number of carbonyl (C=O) groups excluding carboxylic acids is 2. The van der Waals surface area contributed by atoms with Gasteiger partial charge in [-0.25, -0.2) is 0 Å². The topological polar surface area (TPSA) is 127 Å². The Hall–Kier alpha value is -3.92. The van der Waals surface area contributed by atoms with E-state index in [9.17, 15) is 19.7 Å². The van der Waals surface area contributed by atoms with E-state index in [-0.39, 0.29) is 11.3 Å². The van der Waals surface area contributed by atoms with Gasteiger partial charge in [-0.05, 0) is 30.2 Å². The maximum Gasteiger partial charge on any atom is 0.270 e. The lowest BCUT2D eigenvalue weighted by Crippen LogP contribution is -2.16. The van der Waals surface area contributed by atoms with Crippen molar-refractivity contribution in [3.05, 3.63) is 80.9 Å². The summed E-state index contributed by atoms with van der Waals surface area (Å²) in [5.41, 5.74) is 1.03. The first-order valence-corrected chi connectivity index (χ1v) is 9.74. The van der Waals surface area contributed by atoms with Crippen LogP contribution in [0.1, 0.15) is 27.9 Å². The zero-order valence-corrected chi connectivity index (χ0v) is 16.7. The van der Waals surface area contributed by atoms with Gasteiger partial charge in [0.15, 0.2) is 0 Å². The van der Waals surface area contributed by atoms with Gasteiger partial charge >= 0.3 is 0 Å². The van der Waals surface area contributed by atoms with Crippen molar-refractivity contribution in [2.24, 2.45) is 0 Å². The van der Waals surface area contributed by atoms with Gasteiger partial charge in [0, 0.05) is 18.2 Å². The molecule has 152 valence electrons. The lowest BCUT2D eigenvalue weighted by atomic mass is 10.1. The number of benzene rings is 2. The van der Waals surface area contributed by atoms with E-state index in [2.05, 4.69) is 20.8 Å². The largest absolute Gasteiger partial charge is 0.322 e. The fourth-order valence-electron chi connectivity index (χ4n) is 2.49. The summed E-state index contributed by atoms with van der Waals surface area (Å²) in [4.78, 5) is 35.2. The van der Waals surface area contributed by atoms with E-state index in [1.165, 1.54) is 41.7 Å². The maximum absolute atomic E-state index is 12.6. The second-order valence-electron chi connectivity index (χ2n) is 6.03. The van der Waals surface area contributed by atoms with E-state index in [4.69, 9.17) is 0 Å². The Kier molecular flexibility index (Phi) is 6.60. The number of nitrogens with one attached hydrogen (secondary N) is 2. The van der Waals surface area contributed by atoms with Crippen LogP contribution < -0.4 is 10.6 Å². The predicted molar refractivity (Wildman–Crippen MR) is 114 cm³/mol. The molecule has 2 amide bonds. The molecule has 0 radical (unpaired) electrons. The molecule has 3 aromatic rings. The molecule has 0 saturated heterocycles. The van der Waals surface area contributed by atoms with Crippen LogP contribution in [0.4, 0.5) is 16.5 Å². The monoisotopic (exact) mass is 423 g/mol. The van der Waals surface area contributed by atoms with Gasteiger partial charge < -0.3 is 5.32 Å². The number of aryl methyl sites for hydroxylation is 1. The lowest BCUT2D eigenvalue weighted by Gasteiger charge is -2.09. The SMILES string of the molecule is CCc1nnc(NC(=O)c2ccccc2NC(=O)/C=C/c2cccc([N+](=O)[O-])c2)s1. The molecule has 0 aliphatic heterocycles. The van der Waals surface area contributed by atoms with Crippen molar-refractivity contribution >= 4 is 45.7 Å². The molecule has 2 aromatic carbocycles. The third kappa shape index (κ3) is 5.32. The number of rotatable bonds is 7. The maximum atomic E-state index is 12.6. The summed E-state index contributed by atoms with van der Waals surface area (Å²) in [5, 5.41) is 25.2. The summed E-state index contributed by atoms with van der Waals surface area (Å²) in [6.45, 7) is 1.94. The molecule has 0 atom stereocenters. The van der Waals surface area contributed by atoms with Crippen molar-refractivity contribution in [3.8, 4) is 0 Å². The first-order chi connectivity index (χ1) is 14.5. The molecule has 30 heavy (non-hydrogen) atoms. The third-order valence-electron chi connectivity index (χ3n) is 3.93. The number of carbonyl (C=O) groups is 2. The minimum atomic E-state index is -0.506. The van der Waals surface area contributed by atoms with Crippen molar-refractivity contribution in [1.82, 2.24) is 10.2 Å². The van der Waals surface area contributed by atoms with E-state index in [0.29, 0.717) is 16.4 Å². The quantitative estimate of drug-likeness (QED) is 0.337. The number of nitro groups is 1. The minimum Gasteiger partial charge on any atom is -0.322 e. The third-order valence-corrected chi connectivity index (χ3v) is 4.91. The van der Waals surface area contributed by atoms with Crippen molar-refractivity contribution in [1.29, 1.82) is 0 Å². The molecule has 0 fully saturated rings. The number of hydrogen-bond donors (Lipinski definition) is 2. The summed E-state index contributed by atoms with van der Waals surface area (Å²) in [6.07, 6.45) is 3.42. The first kappa shape index (κ1) is 20.8. The molecule has 0 saturated carbocycles. The minimum absolute atomic E-state index is 0.0671. The van der Waals surface area contributed by atoms with Crippen molar-refractivity contribution in [2.75, 3.05) is 10.6 Å². The smallest absolute Gasteiger partial charge is 0.270 e. The van der Waals surface area contributed by atoms with Crippen LogP contribution in [0.25, 0.3) is 6.08 Å². The summed E-state index contributed by atoms with van der Waals surface area (Å²) in [6, 6.07) is 12.5. The Morgan fingerprint density at radius 3 is 2.67 bits per heavy atom. The molecule has 9 nitrogen and oxygen atoms in total. The van der Waals surface area contributed by atoms with Crippen LogP contribution in [0.3, 0.4) is 0 Å². The summed E-state index contributed by atoms with van der Waals surface area (Å²) in [5.74, 6) is -0.904. The summed E-state index contributed by atoms with van der Waals surface area (Å²) in [7, 11) is 0. The standard InChI is InChI=1S/C20H17N5O4S/c1-2-18-23-24-20(30-18)22-19(27)15-8-3-4-9-16(15)21-17(26)11-10-13-6-5-7-14(12-13)25(28)29/h3-12H,2H2,1H3,(H,21,26)(H,22,24,27)/b11-10+. The lowest BCUT2D eigenvalue weighted by molar-refractivity contribution is -0.384. The van der Waals surface area contributed by atoms with E-state index in [0.717, 1.165) is 11.4 Å². The van der Waals surface area contributed by atoms with Gasteiger partial charge in [-0.15, -0.1) is 10.2 Å². The highest BCUT2D eigenvalue weighted by Crippen LogP contribution is 2.20. The fraction of sp³-hybridized carbons (Fsp3) is 0.100. The molecule has 0 spiro atoms. The number of non-ortho nitro benzene ring substituents is 1. The average Bonchev–Trinajstić information content (AvgIpc) is 3.20. The van der Waals surface area contributed by atoms with Crippen molar-refractivity contribution < 1.29 is 14.5 Å². The fourth-order valence-corrected chi connectivity index (χ4v) is 3.16. The highest BCUT2D eigenvalue weighted by molar-refractivity contribution is 7.15. The second kappa shape index (κ2) is 9.52. The number of nitro benzene ring substituents is 1. The average molecular weight is 423 g/mol. The van der Waals surface area contributed by atoms with Crippen LogP contribution in [0.15, 0.2) is 54.6 Å². The Morgan fingerprint density at radius 2 is 1.93 bits per heavy atom. The van der Waals surface area contributed by atoms with E-state index in [1.54, 1.807) is 30.3 Å². The normalized spacial score (nSPS) is 10.7. The van der Waals surface area contributed by atoms with Crippen LogP contribution in [0.5, 0.6) is 0 Å². The zero-order chi connectivity index (χ0) is 21.5. The number of aromatic nitrogens is 2. The highest BCUT2D eigenvalue weighted by Gasteiger charge is 2.14. The van der Waals surface area contributed by atoms with Crippen LogP contribution in [0, 0.1) is 10.1 Å². The number of nitrogens with zero attached hydrogens (tertiary/aromatic N) is 3. The van der Waals surface area contributed by atoms with Crippen LogP contribution in [-0.4, -0.2) is 26.9 Å². The molecule has 0 aliphatic rings. The number of amides is 2. The van der Waals surface area contributed by atoms with E-state index >= 15 is 0 Å². The van der Waals surface area contributed by atoms with Gasteiger partial charge in [0.2, 0.25) is 11.0 Å². The molecule has 0 unspecified atom stereocenters. The number of hydrogen-bond acceptors (Lipinski definition) is 7. The van der Waals surface area contributed by atoms with Gasteiger partial charge in [0.25, 0.3) is 11.6 Å². The van der Waals surface area contributed by atoms with Gasteiger partial charge in [-0.2, -0.15) is 0 Å². The molecule has 2 N–H and O–H groups in total. The molecule has 0 bridgehead atoms. The van der Waals surface area contributed by atoms with Gasteiger partial charge in [0.1, 0.15) is 5.01 Å². The summed E-state index contributed by atoms with van der Waals surface area (Å²) >= 11 is 1.28. The first-order valence-electron chi connectivity index (χ1n) is 8.92. The Labute approximate surface area is 175 Å². The molecular weight excluding hydrogens is 406 g/mol. The van der Waals surface area contributed by atoms with Crippen molar-refractivity contribution in [3.63, 3.8) is 0 Å². The van der Waals surface area contributed by atoms with Crippen LogP contribution >= 0.6 is 11.3 Å². The molecule has 3 rings (SSSR count). The molecule has 1 aromatic heterocycles. The molecule has 10 heteroatoms. The van der Waals surface area contributed by atoms with Crippen LogP contribution in [-0.2, 0) is 11.2 Å². The number of anilines is 2. The molecule has 0 aliphatic carbocycles. The van der Waals surface area contributed by atoms with Crippen molar-refractivity contribution in [2.45, 2.75) is 13.3 Å². The van der Waals surface area contributed by atoms with Gasteiger partial charge in [0.05, 0.1) is 16.2 Å². The summed E-state index contributed by atoms with van der Waals surface area (Å²) < 4.78 is 0. The molecule has 1 heterocycles. The Bertz CT molecular complexity index is 1130. The van der Waals surface area contributed by atoms with E-state index in [1.807, 2.05) is 6.92 Å². The second-order valence-corrected chi connectivity index (χ2v) is 7.09. The predicted octanol–water partition coefficient (Wildman–Crippen LogP) is 3.91. The van der Waals surface area contributed by atoms with Gasteiger partial charge in [-0.1, -0.05) is 42.5 Å². The van der Waals surface area contributed by atoms with Crippen LogP contribution in [0.2, 0.25) is 0 Å².